The Kier molecular flexibility index (Phi) is 13.0. The Balaban J connectivity index is 1.69. The number of methoxy groups -OCH3 is 2. The molecule has 244 valence electrons. The fourth-order valence-corrected chi connectivity index (χ4v) is 9.39. The first-order valence-electron chi connectivity index (χ1n) is 16.9. The lowest BCUT2D eigenvalue weighted by Gasteiger charge is -2.44. The number of rotatable bonds is 14. The van der Waals surface area contributed by atoms with Crippen molar-refractivity contribution >= 4 is 8.32 Å². The van der Waals surface area contributed by atoms with E-state index in [1.807, 2.05) is 0 Å². The van der Waals surface area contributed by atoms with Gasteiger partial charge in [0.25, 0.3) is 0 Å². The Hall–Kier alpha value is -0.503. The van der Waals surface area contributed by atoms with Gasteiger partial charge < -0.3 is 23.4 Å². The van der Waals surface area contributed by atoms with Crippen LogP contribution in [0.25, 0.3) is 0 Å². The normalized spacial score (nSPS) is 32.0. The lowest BCUT2D eigenvalue weighted by Crippen LogP contribution is -2.46. The average molecular weight is 607 g/mol. The third-order valence-corrected chi connectivity index (χ3v) is 16.0. The molecule has 0 aliphatic heterocycles. The zero-order valence-corrected chi connectivity index (χ0v) is 30.3. The van der Waals surface area contributed by atoms with E-state index < -0.39 is 8.32 Å². The minimum absolute atomic E-state index is 0.118. The van der Waals surface area contributed by atoms with E-state index >= 15 is 0 Å². The monoisotopic (exact) mass is 606 g/mol. The fourth-order valence-electron chi connectivity index (χ4n) is 8.02. The van der Waals surface area contributed by atoms with Gasteiger partial charge in [0.2, 0.25) is 0 Å². The SMILES string of the molecule is COCO[C@@H]1C/C(=C/C=C2\CCC[C@]3(C)[C@@H]([C@H](C)CCCC(C)(C)OCOC)CC[C@@H]23)C[C@@H](O[Si](C)(C)C(C)(C)C)C1. The van der Waals surface area contributed by atoms with E-state index in [2.05, 4.69) is 73.7 Å². The molecule has 0 aromatic carbocycles. The summed E-state index contributed by atoms with van der Waals surface area (Å²) in [7, 11) is 1.56. The Labute approximate surface area is 260 Å². The molecule has 0 heterocycles. The van der Waals surface area contributed by atoms with Crippen LogP contribution < -0.4 is 0 Å². The summed E-state index contributed by atoms with van der Waals surface area (Å²) < 4.78 is 29.3. The second-order valence-corrected chi connectivity index (χ2v) is 20.9. The van der Waals surface area contributed by atoms with Gasteiger partial charge in [-0.05, 0) is 113 Å². The van der Waals surface area contributed by atoms with Crippen molar-refractivity contribution in [1.82, 2.24) is 0 Å². The van der Waals surface area contributed by atoms with Crippen molar-refractivity contribution in [3.8, 4) is 0 Å². The fraction of sp³-hybridized carbons (Fsp3) is 0.889. The number of ether oxygens (including phenoxy) is 4. The molecule has 0 aromatic heterocycles. The molecule has 0 saturated heterocycles. The zero-order chi connectivity index (χ0) is 31.2. The molecule has 3 fully saturated rings. The van der Waals surface area contributed by atoms with Gasteiger partial charge in [0.1, 0.15) is 13.6 Å². The Morgan fingerprint density at radius 2 is 1.67 bits per heavy atom. The maximum Gasteiger partial charge on any atom is 0.192 e. The number of fused-ring (bicyclic) bond motifs is 1. The van der Waals surface area contributed by atoms with Crippen molar-refractivity contribution in [2.45, 2.75) is 155 Å². The molecule has 42 heavy (non-hydrogen) atoms. The number of hydrogen-bond acceptors (Lipinski definition) is 5. The topological polar surface area (TPSA) is 46.2 Å². The molecule has 6 atom stereocenters. The van der Waals surface area contributed by atoms with E-state index in [1.54, 1.807) is 19.8 Å². The third-order valence-electron chi connectivity index (χ3n) is 11.5. The summed E-state index contributed by atoms with van der Waals surface area (Å²) in [6.45, 7) is 22.0. The van der Waals surface area contributed by atoms with Gasteiger partial charge >= 0.3 is 0 Å². The molecule has 0 spiro atoms. The van der Waals surface area contributed by atoms with Gasteiger partial charge in [-0.2, -0.15) is 0 Å². The molecule has 3 aliphatic carbocycles. The van der Waals surface area contributed by atoms with Crippen molar-refractivity contribution in [2.24, 2.45) is 23.2 Å². The maximum atomic E-state index is 6.92. The van der Waals surface area contributed by atoms with E-state index in [0.717, 1.165) is 43.4 Å². The standard InChI is InChI=1S/C36H66O5Si/c1-27(14-12-20-35(5,6)40-26-38-9)32-18-19-33-29(15-13-21-36(32,33)7)17-16-28-22-30(39-25-37-8)24-31(23-28)41-42(10,11)34(2,3)4/h16-17,27,30-33H,12-15,18-26H2,1-11H3/b28-16-,29-17+/t27-,30-,31-,32-,33+,36-/m1/s1. The molecule has 6 heteroatoms. The minimum atomic E-state index is -1.85. The van der Waals surface area contributed by atoms with E-state index in [1.165, 1.54) is 50.5 Å². The summed E-state index contributed by atoms with van der Waals surface area (Å²) in [6, 6.07) is 0. The molecule has 3 aliphatic rings. The van der Waals surface area contributed by atoms with Crippen molar-refractivity contribution in [3.63, 3.8) is 0 Å². The van der Waals surface area contributed by atoms with Gasteiger partial charge in [-0.25, -0.2) is 0 Å². The lowest BCUT2D eigenvalue weighted by molar-refractivity contribution is -0.118. The highest BCUT2D eigenvalue weighted by atomic mass is 28.4. The molecule has 0 amide bonds. The minimum Gasteiger partial charge on any atom is -0.414 e. The van der Waals surface area contributed by atoms with E-state index in [0.29, 0.717) is 19.0 Å². The summed E-state index contributed by atoms with van der Waals surface area (Å²) in [5.41, 5.74) is 3.48. The molecule has 0 unspecified atom stereocenters. The Morgan fingerprint density at radius 1 is 0.976 bits per heavy atom. The molecule has 0 aromatic rings. The Morgan fingerprint density at radius 3 is 2.33 bits per heavy atom. The summed E-state index contributed by atoms with van der Waals surface area (Å²) in [5, 5.41) is 0.204. The largest absolute Gasteiger partial charge is 0.414 e. The van der Waals surface area contributed by atoms with Crippen molar-refractivity contribution in [2.75, 3.05) is 27.8 Å². The highest BCUT2D eigenvalue weighted by Crippen LogP contribution is 2.60. The van der Waals surface area contributed by atoms with Crippen LogP contribution in [0.15, 0.2) is 23.3 Å². The molecular weight excluding hydrogens is 540 g/mol. The maximum absolute atomic E-state index is 6.92. The smallest absolute Gasteiger partial charge is 0.192 e. The summed E-state index contributed by atoms with van der Waals surface area (Å²) in [6.07, 6.45) is 18.6. The van der Waals surface area contributed by atoms with Crippen LogP contribution in [0.3, 0.4) is 0 Å². The zero-order valence-electron chi connectivity index (χ0n) is 29.3. The first kappa shape index (κ1) is 36.0. The average Bonchev–Trinajstić information content (AvgIpc) is 3.26. The predicted molar refractivity (Wildman–Crippen MR) is 177 cm³/mol. The van der Waals surface area contributed by atoms with E-state index in [9.17, 15) is 0 Å². The van der Waals surface area contributed by atoms with Crippen molar-refractivity contribution < 1.29 is 23.4 Å². The van der Waals surface area contributed by atoms with Gasteiger partial charge in [0, 0.05) is 14.2 Å². The second-order valence-electron chi connectivity index (χ2n) is 16.2. The highest BCUT2D eigenvalue weighted by Gasteiger charge is 2.50. The third kappa shape index (κ3) is 9.50. The van der Waals surface area contributed by atoms with Crippen LogP contribution in [0.1, 0.15) is 119 Å². The summed E-state index contributed by atoms with van der Waals surface area (Å²) in [4.78, 5) is 0. The molecule has 0 radical (unpaired) electrons. The lowest BCUT2D eigenvalue weighted by atomic mass is 9.60. The second kappa shape index (κ2) is 15.2. The van der Waals surface area contributed by atoms with Gasteiger partial charge in [-0.1, -0.05) is 70.8 Å². The molecule has 3 saturated carbocycles. The van der Waals surface area contributed by atoms with E-state index in [-0.39, 0.29) is 22.8 Å². The summed E-state index contributed by atoms with van der Waals surface area (Å²) in [5.74, 6) is 2.28. The number of hydrogen-bond donors (Lipinski definition) is 0. The predicted octanol–water partition coefficient (Wildman–Crippen LogP) is 9.82. The van der Waals surface area contributed by atoms with E-state index in [4.69, 9.17) is 23.4 Å². The van der Waals surface area contributed by atoms with Crippen LogP contribution in [0.4, 0.5) is 0 Å². The van der Waals surface area contributed by atoms with Crippen molar-refractivity contribution in [1.29, 1.82) is 0 Å². The van der Waals surface area contributed by atoms with Crippen LogP contribution in [-0.2, 0) is 23.4 Å². The molecule has 0 N–H and O–H groups in total. The molecule has 5 nitrogen and oxygen atoms in total. The first-order valence-corrected chi connectivity index (χ1v) is 19.8. The van der Waals surface area contributed by atoms with Crippen LogP contribution in [-0.4, -0.2) is 53.9 Å². The van der Waals surface area contributed by atoms with Crippen LogP contribution in [0, 0.1) is 23.2 Å². The molecular formula is C36H66O5Si. The van der Waals surface area contributed by atoms with Crippen LogP contribution in [0.2, 0.25) is 18.1 Å². The molecule has 0 bridgehead atoms. The van der Waals surface area contributed by atoms with Gasteiger partial charge in [0.15, 0.2) is 8.32 Å². The van der Waals surface area contributed by atoms with Gasteiger partial charge in [0.05, 0.1) is 17.8 Å². The molecule has 3 rings (SSSR count). The Bertz CT molecular complexity index is 903. The summed E-state index contributed by atoms with van der Waals surface area (Å²) >= 11 is 0. The van der Waals surface area contributed by atoms with Gasteiger partial charge in [-0.3, -0.25) is 0 Å². The quantitative estimate of drug-likeness (QED) is 0.145. The van der Waals surface area contributed by atoms with Crippen LogP contribution in [0.5, 0.6) is 0 Å². The van der Waals surface area contributed by atoms with Crippen LogP contribution >= 0.6 is 0 Å². The van der Waals surface area contributed by atoms with Crippen molar-refractivity contribution in [3.05, 3.63) is 23.3 Å². The number of allylic oxidation sites excluding steroid dienone is 3. The van der Waals surface area contributed by atoms with Gasteiger partial charge in [-0.15, -0.1) is 0 Å². The highest BCUT2D eigenvalue weighted by molar-refractivity contribution is 6.74. The first-order chi connectivity index (χ1) is 19.6.